The molecule has 2 aromatic rings. The van der Waals surface area contributed by atoms with E-state index in [1.165, 1.54) is 0 Å². The van der Waals surface area contributed by atoms with Gasteiger partial charge in [0.05, 0.1) is 16.5 Å². The molecule has 6 nitrogen and oxygen atoms in total. The highest BCUT2D eigenvalue weighted by atomic mass is 79.9. The molecule has 168 valence electrons. The predicted molar refractivity (Wildman–Crippen MR) is 125 cm³/mol. The van der Waals surface area contributed by atoms with Gasteiger partial charge < -0.3 is 11.5 Å². The average molecular weight is 497 g/mol. The summed E-state index contributed by atoms with van der Waals surface area (Å²) in [5.74, 6) is -1.10. The van der Waals surface area contributed by atoms with E-state index in [2.05, 4.69) is 46.2 Å². The molecule has 4 atom stereocenters. The van der Waals surface area contributed by atoms with Crippen LogP contribution in [0.15, 0.2) is 47.0 Å². The third kappa shape index (κ3) is 2.49. The molecule has 32 heavy (non-hydrogen) atoms. The quantitative estimate of drug-likeness (QED) is 0.573. The maximum Gasteiger partial charge on any atom is 0.229 e. The van der Waals surface area contributed by atoms with E-state index in [9.17, 15) is 9.59 Å². The Hall–Kier alpha value is -2.41. The smallest absolute Gasteiger partial charge is 0.229 e. The van der Waals surface area contributed by atoms with Crippen molar-refractivity contribution in [3.63, 3.8) is 0 Å². The van der Waals surface area contributed by atoms with E-state index in [0.717, 1.165) is 40.8 Å². The number of carbonyl (C=O) groups excluding carboxylic acids is 2. The molecule has 1 aromatic heterocycles. The monoisotopic (exact) mass is 496 g/mol. The highest BCUT2D eigenvalue weighted by Gasteiger charge is 2.82. The SMILES string of the molecule is CCn1nc(C)cc1CC[C@@]1(C(N)=O)[C@@H]2C=C[C@@H](C23CC3)[C@@]1(C(N)=O)c1ccc(Br)cc1. The van der Waals surface area contributed by atoms with Crippen molar-refractivity contribution in [3.05, 3.63) is 63.9 Å². The Morgan fingerprint density at radius 3 is 2.34 bits per heavy atom. The number of benzene rings is 1. The molecule has 0 radical (unpaired) electrons. The summed E-state index contributed by atoms with van der Waals surface area (Å²) >= 11 is 3.49. The molecule has 1 spiro atoms. The standard InChI is InChI=1S/C25H29BrN4O2/c1-3-30-18(14-15(2)29-30)10-11-24(21(27)31)19-8-9-20(23(19)12-13-23)25(24,22(28)32)16-4-6-17(26)7-5-16/h4-9,14,19-20H,3,10-13H2,1-2H3,(H2,27,31)(H2,28,32)/t19-,20+,24+,25-/m1/s1. The number of nitrogens with zero attached hydrogens (tertiary/aromatic N) is 2. The maximum absolute atomic E-state index is 13.5. The molecule has 1 heterocycles. The highest BCUT2D eigenvalue weighted by Crippen LogP contribution is 2.80. The maximum atomic E-state index is 13.5. The normalized spacial score (nSPS) is 31.3. The van der Waals surface area contributed by atoms with Crippen molar-refractivity contribution >= 4 is 27.7 Å². The number of amides is 2. The van der Waals surface area contributed by atoms with Gasteiger partial charge in [0.15, 0.2) is 0 Å². The average Bonchev–Trinajstić information content (AvgIpc) is 3.28. The van der Waals surface area contributed by atoms with Crippen molar-refractivity contribution in [1.82, 2.24) is 9.78 Å². The van der Waals surface area contributed by atoms with Crippen molar-refractivity contribution in [2.75, 3.05) is 0 Å². The summed E-state index contributed by atoms with van der Waals surface area (Å²) < 4.78 is 2.87. The van der Waals surface area contributed by atoms with E-state index < -0.39 is 22.6 Å². The number of carbonyl (C=O) groups is 2. The van der Waals surface area contributed by atoms with Crippen molar-refractivity contribution in [3.8, 4) is 0 Å². The summed E-state index contributed by atoms with van der Waals surface area (Å²) in [4.78, 5) is 27.0. The lowest BCUT2D eigenvalue weighted by molar-refractivity contribution is -0.143. The zero-order chi connectivity index (χ0) is 22.9. The number of primary amides is 2. The van der Waals surface area contributed by atoms with Crippen LogP contribution in [-0.4, -0.2) is 21.6 Å². The van der Waals surface area contributed by atoms with Crippen molar-refractivity contribution in [2.24, 2.45) is 34.1 Å². The first-order chi connectivity index (χ1) is 15.2. The van der Waals surface area contributed by atoms with Crippen molar-refractivity contribution in [2.45, 2.75) is 51.5 Å². The van der Waals surface area contributed by atoms with Crippen molar-refractivity contribution < 1.29 is 9.59 Å². The van der Waals surface area contributed by atoms with Gasteiger partial charge >= 0.3 is 0 Å². The van der Waals surface area contributed by atoms with Crippen LogP contribution >= 0.6 is 15.9 Å². The molecule has 2 amide bonds. The third-order valence-electron chi connectivity index (χ3n) is 8.45. The van der Waals surface area contributed by atoms with Gasteiger partial charge in [0, 0.05) is 22.6 Å². The van der Waals surface area contributed by atoms with E-state index in [4.69, 9.17) is 11.5 Å². The molecule has 0 unspecified atom stereocenters. The molecule has 2 bridgehead atoms. The van der Waals surface area contributed by atoms with E-state index in [1.54, 1.807) is 0 Å². The summed E-state index contributed by atoms with van der Waals surface area (Å²) in [6.45, 7) is 4.76. The molecular formula is C25H29BrN4O2. The largest absolute Gasteiger partial charge is 0.369 e. The topological polar surface area (TPSA) is 104 Å². The van der Waals surface area contributed by atoms with Gasteiger partial charge in [-0.15, -0.1) is 0 Å². The molecule has 2 saturated carbocycles. The zero-order valence-electron chi connectivity index (χ0n) is 18.5. The molecule has 3 aliphatic rings. The summed E-state index contributed by atoms with van der Waals surface area (Å²) in [6, 6.07) is 9.74. The molecule has 1 aromatic carbocycles. The number of aryl methyl sites for hydroxylation is 3. The lowest BCUT2D eigenvalue weighted by Gasteiger charge is -2.48. The Labute approximate surface area is 196 Å². The molecule has 0 aliphatic heterocycles. The van der Waals surface area contributed by atoms with Crippen LogP contribution in [0.4, 0.5) is 0 Å². The van der Waals surface area contributed by atoms with Gasteiger partial charge in [-0.2, -0.15) is 5.10 Å². The van der Waals surface area contributed by atoms with Gasteiger partial charge in [0.2, 0.25) is 11.8 Å². The minimum atomic E-state index is -1.17. The highest BCUT2D eigenvalue weighted by molar-refractivity contribution is 9.10. The summed E-state index contributed by atoms with van der Waals surface area (Å²) in [5, 5.41) is 4.56. The van der Waals surface area contributed by atoms with E-state index >= 15 is 0 Å². The number of allylic oxidation sites excluding steroid dienone is 2. The van der Waals surface area contributed by atoms with Crippen LogP contribution in [0.1, 0.15) is 43.1 Å². The first kappa shape index (κ1) is 21.4. The molecule has 4 N–H and O–H groups in total. The van der Waals surface area contributed by atoms with Gasteiger partial charge in [-0.25, -0.2) is 0 Å². The Morgan fingerprint density at radius 1 is 1.12 bits per heavy atom. The molecule has 3 aliphatic carbocycles. The summed E-state index contributed by atoms with van der Waals surface area (Å²) in [5.41, 5.74) is 13.0. The fraction of sp³-hybridized carbons (Fsp3) is 0.480. The second-order valence-electron chi connectivity index (χ2n) is 9.68. The number of hydrogen-bond donors (Lipinski definition) is 2. The second-order valence-corrected chi connectivity index (χ2v) is 10.6. The molecule has 5 rings (SSSR count). The number of halogens is 1. The lowest BCUT2D eigenvalue weighted by atomic mass is 9.52. The van der Waals surface area contributed by atoms with E-state index in [1.807, 2.05) is 35.9 Å². The number of rotatable bonds is 7. The Bertz CT molecular complexity index is 1130. The van der Waals surface area contributed by atoms with Gasteiger partial charge in [0.25, 0.3) is 0 Å². The van der Waals surface area contributed by atoms with Crippen molar-refractivity contribution in [1.29, 1.82) is 0 Å². The minimum absolute atomic E-state index is 0.0901. The fourth-order valence-corrected chi connectivity index (χ4v) is 7.47. The van der Waals surface area contributed by atoms with Crippen LogP contribution in [0.5, 0.6) is 0 Å². The first-order valence-corrected chi connectivity index (χ1v) is 12.1. The Balaban J connectivity index is 1.71. The minimum Gasteiger partial charge on any atom is -0.369 e. The first-order valence-electron chi connectivity index (χ1n) is 11.3. The van der Waals surface area contributed by atoms with Crippen LogP contribution in [0.25, 0.3) is 0 Å². The van der Waals surface area contributed by atoms with Gasteiger partial charge in [-0.3, -0.25) is 14.3 Å². The third-order valence-corrected chi connectivity index (χ3v) is 8.98. The van der Waals surface area contributed by atoms with E-state index in [0.29, 0.717) is 12.8 Å². The molecule has 7 heteroatoms. The van der Waals surface area contributed by atoms with Crippen LogP contribution in [0.2, 0.25) is 0 Å². The summed E-state index contributed by atoms with van der Waals surface area (Å²) in [7, 11) is 0. The molecule has 2 fully saturated rings. The predicted octanol–water partition coefficient (Wildman–Crippen LogP) is 3.40. The van der Waals surface area contributed by atoms with Crippen LogP contribution < -0.4 is 11.5 Å². The molecule has 0 saturated heterocycles. The fourth-order valence-electron chi connectivity index (χ4n) is 7.21. The van der Waals surface area contributed by atoms with Crippen LogP contribution in [0.3, 0.4) is 0 Å². The van der Waals surface area contributed by atoms with E-state index in [-0.39, 0.29) is 17.3 Å². The lowest BCUT2D eigenvalue weighted by Crippen LogP contribution is -2.62. The second kappa shape index (κ2) is 7.04. The van der Waals surface area contributed by atoms with Gasteiger partial charge in [0.1, 0.15) is 0 Å². The zero-order valence-corrected chi connectivity index (χ0v) is 20.1. The number of aromatic nitrogens is 2. The number of hydrogen-bond acceptors (Lipinski definition) is 3. The molecular weight excluding hydrogens is 468 g/mol. The van der Waals surface area contributed by atoms with Gasteiger partial charge in [-0.1, -0.05) is 40.2 Å². The summed E-state index contributed by atoms with van der Waals surface area (Å²) in [6.07, 6.45) is 7.32. The number of nitrogens with two attached hydrogens (primary N) is 2. The Morgan fingerprint density at radius 2 is 1.78 bits per heavy atom. The Kier molecular flexibility index (Phi) is 4.72. The van der Waals surface area contributed by atoms with Gasteiger partial charge in [-0.05, 0) is 74.6 Å². The van der Waals surface area contributed by atoms with Crippen LogP contribution in [0, 0.1) is 29.6 Å². The van der Waals surface area contributed by atoms with Crippen LogP contribution in [-0.2, 0) is 28.0 Å².